The Balaban J connectivity index is 1.23. The first kappa shape index (κ1) is 29.3. The molecule has 0 radical (unpaired) electrons. The molecule has 0 aliphatic rings. The second-order valence-electron chi connectivity index (χ2n) is 15.1. The Morgan fingerprint density at radius 2 is 0.691 bits per heavy atom. The fourth-order valence-electron chi connectivity index (χ4n) is 10.1. The van der Waals surface area contributed by atoms with Gasteiger partial charge >= 0.3 is 0 Å². The topological polar surface area (TPSA) is 13.1 Å². The molecule has 0 bridgehead atoms. The average molecular weight is 695 g/mol. The van der Waals surface area contributed by atoms with Crippen LogP contribution in [0.2, 0.25) is 0 Å². The maximum absolute atomic E-state index is 6.42. The first-order chi connectivity index (χ1) is 27.3. The van der Waals surface area contributed by atoms with E-state index in [-0.39, 0.29) is 0 Å². The standard InChI is InChI=1S/C54H30O/c1-3-16-40-36(14-1)48(37-15-2-4-17-41(37)53(40)44-22-10-24-47-54(44)43-18-5-6-23-46(43)55-47)35-29-34-28-27-33-12-8-20-39-38-19-7-11-31-25-26-32-13-9-21-42(51(32)49(31)38)45(30-35)52(34)50(33)39/h1-30H. The van der Waals surface area contributed by atoms with Gasteiger partial charge in [-0.05, 0) is 133 Å². The van der Waals surface area contributed by atoms with E-state index in [0.717, 1.165) is 21.9 Å². The van der Waals surface area contributed by atoms with Crippen LogP contribution in [0.1, 0.15) is 0 Å². The lowest BCUT2D eigenvalue weighted by Crippen LogP contribution is -1.92. The highest BCUT2D eigenvalue weighted by Crippen LogP contribution is 2.49. The summed E-state index contributed by atoms with van der Waals surface area (Å²) in [7, 11) is 0. The number of fused-ring (bicyclic) bond motifs is 7. The summed E-state index contributed by atoms with van der Waals surface area (Å²) in [6.45, 7) is 0. The smallest absolute Gasteiger partial charge is 0.136 e. The Morgan fingerprint density at radius 1 is 0.255 bits per heavy atom. The van der Waals surface area contributed by atoms with Crippen molar-refractivity contribution in [1.29, 1.82) is 0 Å². The first-order valence-corrected chi connectivity index (χ1v) is 19.1. The van der Waals surface area contributed by atoms with Crippen LogP contribution in [0.25, 0.3) is 130 Å². The van der Waals surface area contributed by atoms with Crippen molar-refractivity contribution < 1.29 is 4.42 Å². The van der Waals surface area contributed by atoms with E-state index in [1.807, 2.05) is 6.07 Å². The number of benzene rings is 11. The maximum Gasteiger partial charge on any atom is 0.136 e. The third-order valence-corrected chi connectivity index (χ3v) is 12.3. The van der Waals surface area contributed by atoms with Gasteiger partial charge in [0.05, 0.1) is 0 Å². The molecular formula is C54H30O. The molecule has 0 saturated carbocycles. The highest BCUT2D eigenvalue weighted by Gasteiger charge is 2.22. The summed E-state index contributed by atoms with van der Waals surface area (Å²) >= 11 is 0. The van der Waals surface area contributed by atoms with Crippen LogP contribution >= 0.6 is 0 Å². The van der Waals surface area contributed by atoms with E-state index in [9.17, 15) is 0 Å². The summed E-state index contributed by atoms with van der Waals surface area (Å²) in [5.74, 6) is 0. The van der Waals surface area contributed by atoms with Crippen molar-refractivity contribution in [2.24, 2.45) is 0 Å². The van der Waals surface area contributed by atoms with E-state index in [4.69, 9.17) is 4.42 Å². The molecule has 0 fully saturated rings. The molecule has 1 aromatic heterocycles. The van der Waals surface area contributed by atoms with Crippen LogP contribution in [0.5, 0.6) is 0 Å². The maximum atomic E-state index is 6.42. The molecule has 0 spiro atoms. The molecular weight excluding hydrogens is 665 g/mol. The van der Waals surface area contributed by atoms with Gasteiger partial charge in [-0.15, -0.1) is 0 Å². The molecule has 55 heavy (non-hydrogen) atoms. The molecule has 1 heteroatoms. The number of furan rings is 1. The minimum absolute atomic E-state index is 0.911. The highest BCUT2D eigenvalue weighted by atomic mass is 16.3. The molecule has 0 atom stereocenters. The minimum Gasteiger partial charge on any atom is -0.456 e. The van der Waals surface area contributed by atoms with Gasteiger partial charge in [0.25, 0.3) is 0 Å². The van der Waals surface area contributed by atoms with Gasteiger partial charge in [0.15, 0.2) is 0 Å². The largest absolute Gasteiger partial charge is 0.456 e. The van der Waals surface area contributed by atoms with Crippen molar-refractivity contribution in [2.75, 3.05) is 0 Å². The van der Waals surface area contributed by atoms with E-state index in [2.05, 4.69) is 176 Å². The summed E-state index contributed by atoms with van der Waals surface area (Å²) in [6, 6.07) is 67.6. The zero-order valence-electron chi connectivity index (χ0n) is 29.7. The Kier molecular flexibility index (Phi) is 5.69. The average Bonchev–Trinajstić information content (AvgIpc) is 3.63. The number of para-hydroxylation sites is 1. The summed E-state index contributed by atoms with van der Waals surface area (Å²) < 4.78 is 6.42. The van der Waals surface area contributed by atoms with Crippen LogP contribution in [0, 0.1) is 0 Å². The van der Waals surface area contributed by atoms with Gasteiger partial charge in [0.1, 0.15) is 11.2 Å². The van der Waals surface area contributed by atoms with Crippen molar-refractivity contribution in [1.82, 2.24) is 0 Å². The van der Waals surface area contributed by atoms with Gasteiger partial charge in [-0.1, -0.05) is 158 Å². The Bertz CT molecular complexity index is 3710. The van der Waals surface area contributed by atoms with Crippen LogP contribution in [-0.2, 0) is 0 Å². The second kappa shape index (κ2) is 10.7. The molecule has 252 valence electrons. The van der Waals surface area contributed by atoms with Gasteiger partial charge in [-0.2, -0.15) is 0 Å². The van der Waals surface area contributed by atoms with Crippen LogP contribution in [-0.4, -0.2) is 0 Å². The molecule has 0 aliphatic heterocycles. The third-order valence-electron chi connectivity index (χ3n) is 12.3. The first-order valence-electron chi connectivity index (χ1n) is 19.1. The molecule has 1 nitrogen and oxygen atoms in total. The lowest BCUT2D eigenvalue weighted by atomic mass is 9.83. The lowest BCUT2D eigenvalue weighted by molar-refractivity contribution is 0.669. The van der Waals surface area contributed by atoms with Crippen molar-refractivity contribution in [3.63, 3.8) is 0 Å². The van der Waals surface area contributed by atoms with Gasteiger partial charge in [0, 0.05) is 10.8 Å². The Labute approximate surface area is 315 Å². The van der Waals surface area contributed by atoms with Crippen LogP contribution < -0.4 is 0 Å². The van der Waals surface area contributed by atoms with Gasteiger partial charge in [0.2, 0.25) is 0 Å². The minimum atomic E-state index is 0.911. The van der Waals surface area contributed by atoms with Gasteiger partial charge in [-0.3, -0.25) is 0 Å². The zero-order chi connectivity index (χ0) is 35.8. The summed E-state index contributed by atoms with van der Waals surface area (Å²) in [4.78, 5) is 0. The predicted molar refractivity (Wildman–Crippen MR) is 236 cm³/mol. The van der Waals surface area contributed by atoms with Crippen LogP contribution in [0.3, 0.4) is 0 Å². The summed E-state index contributed by atoms with van der Waals surface area (Å²) in [5, 5.41) is 22.8. The number of rotatable bonds is 2. The molecule has 0 saturated heterocycles. The molecule has 12 aromatic carbocycles. The predicted octanol–water partition coefficient (Wildman–Crippen LogP) is 15.6. The molecule has 0 amide bonds. The SMILES string of the molecule is c1ccc2c(c1)oc1cccc(-c3c4ccccc4c(-c4cc5ccc6cccc7c8cccc9ccc%10cccc(c(c4)c5c67)c%10c98)c4ccccc34)c12. The number of hydrogen-bond donors (Lipinski definition) is 0. The van der Waals surface area contributed by atoms with Crippen molar-refractivity contribution in [2.45, 2.75) is 0 Å². The highest BCUT2D eigenvalue weighted by molar-refractivity contribution is 6.37. The lowest BCUT2D eigenvalue weighted by Gasteiger charge is -2.20. The van der Waals surface area contributed by atoms with Gasteiger partial charge < -0.3 is 4.42 Å². The normalized spacial score (nSPS) is 12.4. The molecule has 13 rings (SSSR count). The van der Waals surface area contributed by atoms with Crippen molar-refractivity contribution >= 4 is 108 Å². The van der Waals surface area contributed by atoms with Crippen molar-refractivity contribution in [3.05, 3.63) is 182 Å². The fourth-order valence-corrected chi connectivity index (χ4v) is 10.1. The van der Waals surface area contributed by atoms with E-state index < -0.39 is 0 Å². The zero-order valence-corrected chi connectivity index (χ0v) is 29.7. The summed E-state index contributed by atoms with van der Waals surface area (Å²) in [5.41, 5.74) is 6.75. The molecule has 13 aromatic rings. The van der Waals surface area contributed by atoms with Crippen LogP contribution in [0.15, 0.2) is 186 Å². The fraction of sp³-hybridized carbons (Fsp3) is 0. The molecule has 1 heterocycles. The van der Waals surface area contributed by atoms with E-state index >= 15 is 0 Å². The van der Waals surface area contributed by atoms with E-state index in [0.29, 0.717) is 0 Å². The summed E-state index contributed by atoms with van der Waals surface area (Å²) in [6.07, 6.45) is 0. The second-order valence-corrected chi connectivity index (χ2v) is 15.1. The third kappa shape index (κ3) is 3.87. The van der Waals surface area contributed by atoms with E-state index in [1.165, 1.54) is 108 Å². The molecule has 0 unspecified atom stereocenters. The monoisotopic (exact) mass is 694 g/mol. The number of hydrogen-bond acceptors (Lipinski definition) is 1. The Hall–Kier alpha value is -7.22. The molecule has 0 N–H and O–H groups in total. The molecule has 0 aliphatic carbocycles. The van der Waals surface area contributed by atoms with E-state index in [1.54, 1.807) is 0 Å². The van der Waals surface area contributed by atoms with Crippen molar-refractivity contribution in [3.8, 4) is 22.3 Å². The van der Waals surface area contributed by atoms with Crippen LogP contribution in [0.4, 0.5) is 0 Å². The quantitative estimate of drug-likeness (QED) is 0.130. The Morgan fingerprint density at radius 3 is 1.29 bits per heavy atom. The van der Waals surface area contributed by atoms with Gasteiger partial charge in [-0.25, -0.2) is 0 Å².